The molecule has 0 N–H and O–H groups in total. The van der Waals surface area contributed by atoms with E-state index in [1.165, 1.54) is 0 Å². The number of hydrogen-bond donors (Lipinski definition) is 0. The molecule has 0 saturated carbocycles. The van der Waals surface area contributed by atoms with Gasteiger partial charge in [-0.2, -0.15) is 0 Å². The van der Waals surface area contributed by atoms with E-state index in [1.807, 2.05) is 0 Å². The topological polar surface area (TPSA) is 17.1 Å². The van der Waals surface area contributed by atoms with Crippen molar-refractivity contribution in [1.82, 2.24) is 0 Å². The molecular formula is C8H11Cl3O. The van der Waals surface area contributed by atoms with Gasteiger partial charge < -0.3 is 0 Å². The molecule has 0 aromatic rings. The first-order valence-electron chi connectivity index (χ1n) is 3.42. The van der Waals surface area contributed by atoms with Crippen molar-refractivity contribution in [2.45, 2.75) is 24.1 Å². The minimum Gasteiger partial charge on any atom is -0.295 e. The molecular weight excluding hydrogens is 218 g/mol. The lowest BCUT2D eigenvalue weighted by Gasteiger charge is -2.25. The molecule has 1 nitrogen and oxygen atoms in total. The summed E-state index contributed by atoms with van der Waals surface area (Å²) in [5.74, 6) is -0.384. The van der Waals surface area contributed by atoms with Crippen molar-refractivity contribution in [2.75, 3.05) is 0 Å². The molecule has 0 heterocycles. The largest absolute Gasteiger partial charge is 0.295 e. The summed E-state index contributed by atoms with van der Waals surface area (Å²) in [6, 6.07) is 0. The molecule has 0 bridgehead atoms. The molecule has 0 aromatic heterocycles. The number of alkyl halides is 3. The van der Waals surface area contributed by atoms with Gasteiger partial charge in [-0.15, -0.1) is 18.2 Å². The summed E-state index contributed by atoms with van der Waals surface area (Å²) in [5, 5.41) is -0.727. The van der Waals surface area contributed by atoms with Crippen LogP contribution in [0.15, 0.2) is 12.7 Å². The van der Waals surface area contributed by atoms with Crippen molar-refractivity contribution in [3.63, 3.8) is 0 Å². The van der Waals surface area contributed by atoms with E-state index in [-0.39, 0.29) is 5.78 Å². The van der Waals surface area contributed by atoms with Gasteiger partial charge in [-0.25, -0.2) is 0 Å². The Bertz CT molecular complexity index is 187. The van der Waals surface area contributed by atoms with Gasteiger partial charge in [0.2, 0.25) is 0 Å². The van der Waals surface area contributed by atoms with E-state index < -0.39 is 15.6 Å². The Hall–Kier alpha value is 0.280. The second-order valence-corrected chi connectivity index (χ2v) is 4.62. The van der Waals surface area contributed by atoms with Crippen LogP contribution in [0.3, 0.4) is 0 Å². The molecule has 1 atom stereocenters. The molecule has 0 amide bonds. The molecule has 0 aliphatic heterocycles. The monoisotopic (exact) mass is 228 g/mol. The van der Waals surface area contributed by atoms with E-state index in [4.69, 9.17) is 34.8 Å². The smallest absolute Gasteiger partial charge is 0.184 e. The van der Waals surface area contributed by atoms with Crippen LogP contribution < -0.4 is 0 Å². The van der Waals surface area contributed by atoms with Crippen LogP contribution in [0.1, 0.15) is 13.8 Å². The molecule has 0 saturated heterocycles. The van der Waals surface area contributed by atoms with Gasteiger partial charge in [0.05, 0.1) is 0 Å². The van der Waals surface area contributed by atoms with Crippen molar-refractivity contribution >= 4 is 40.6 Å². The highest BCUT2D eigenvalue weighted by Gasteiger charge is 2.33. The highest BCUT2D eigenvalue weighted by atomic mass is 35.5. The van der Waals surface area contributed by atoms with Crippen LogP contribution in [0.5, 0.6) is 0 Å². The van der Waals surface area contributed by atoms with E-state index in [1.54, 1.807) is 19.9 Å². The van der Waals surface area contributed by atoms with Gasteiger partial charge in [0.25, 0.3) is 0 Å². The highest BCUT2D eigenvalue weighted by Crippen LogP contribution is 2.29. The summed E-state index contributed by atoms with van der Waals surface area (Å²) in [4.78, 5) is 10.1. The molecule has 0 aromatic carbocycles. The zero-order valence-electron chi connectivity index (χ0n) is 6.98. The second kappa shape index (κ2) is 4.50. The lowest BCUT2D eigenvalue weighted by atomic mass is 9.87. The number of hydrogen-bond acceptors (Lipinski definition) is 1. The lowest BCUT2D eigenvalue weighted by molar-refractivity contribution is -0.118. The van der Waals surface area contributed by atoms with Crippen LogP contribution >= 0.6 is 34.8 Å². The summed E-state index contributed by atoms with van der Waals surface area (Å²) in [7, 11) is 0. The number of carbonyl (C=O) groups is 1. The maximum Gasteiger partial charge on any atom is 0.184 e. The van der Waals surface area contributed by atoms with Crippen LogP contribution in [0.2, 0.25) is 0 Å². The Labute approximate surface area is 87.7 Å². The number of halogens is 3. The summed E-state index contributed by atoms with van der Waals surface area (Å²) < 4.78 is 0. The van der Waals surface area contributed by atoms with E-state index in [2.05, 4.69) is 6.58 Å². The second-order valence-electron chi connectivity index (χ2n) is 3.09. The highest BCUT2D eigenvalue weighted by molar-refractivity contribution is 6.56. The minimum atomic E-state index is -1.06. The molecule has 0 rings (SSSR count). The summed E-state index contributed by atoms with van der Waals surface area (Å²) >= 11 is 16.6. The van der Waals surface area contributed by atoms with Gasteiger partial charge in [-0.1, -0.05) is 43.1 Å². The van der Waals surface area contributed by atoms with Gasteiger partial charge in [-0.3, -0.25) is 4.79 Å². The zero-order chi connectivity index (χ0) is 9.94. The molecule has 0 fully saturated rings. The van der Waals surface area contributed by atoms with Gasteiger partial charge in [0.1, 0.15) is 5.38 Å². The van der Waals surface area contributed by atoms with Gasteiger partial charge >= 0.3 is 0 Å². The van der Waals surface area contributed by atoms with Crippen molar-refractivity contribution in [3.8, 4) is 0 Å². The Kier molecular flexibility index (Phi) is 4.60. The zero-order valence-corrected chi connectivity index (χ0v) is 9.25. The Balaban J connectivity index is 4.49. The number of Topliss-reactive ketones (excluding diaryl/α,β-unsaturated/α-hetero) is 1. The maximum atomic E-state index is 11.2. The van der Waals surface area contributed by atoms with Crippen molar-refractivity contribution in [3.05, 3.63) is 12.7 Å². The first-order valence-corrected chi connectivity index (χ1v) is 4.73. The Morgan fingerprint density at radius 3 is 2.08 bits per heavy atom. The predicted molar refractivity (Wildman–Crippen MR) is 54.1 cm³/mol. The Morgan fingerprint density at radius 1 is 1.42 bits per heavy atom. The van der Waals surface area contributed by atoms with E-state index in [0.717, 1.165) is 0 Å². The average Bonchev–Trinajstić information content (AvgIpc) is 2.01. The number of allylic oxidation sites excluding steroid dienone is 1. The van der Waals surface area contributed by atoms with Gasteiger partial charge in [-0.05, 0) is 0 Å². The van der Waals surface area contributed by atoms with Crippen molar-refractivity contribution in [2.24, 2.45) is 5.41 Å². The fourth-order valence-corrected chi connectivity index (χ4v) is 1.18. The molecule has 0 aliphatic carbocycles. The third kappa shape index (κ3) is 2.96. The van der Waals surface area contributed by atoms with E-state index >= 15 is 0 Å². The van der Waals surface area contributed by atoms with Crippen molar-refractivity contribution < 1.29 is 4.79 Å². The van der Waals surface area contributed by atoms with Crippen LogP contribution in [-0.4, -0.2) is 16.0 Å². The molecule has 12 heavy (non-hydrogen) atoms. The van der Waals surface area contributed by atoms with Crippen LogP contribution in [-0.2, 0) is 4.79 Å². The normalized spacial score (nSPS) is 14.5. The van der Waals surface area contributed by atoms with Gasteiger partial charge in [0, 0.05) is 5.41 Å². The number of ketones is 1. The molecule has 0 spiro atoms. The quantitative estimate of drug-likeness (QED) is 0.534. The number of rotatable bonds is 4. The molecule has 0 radical (unpaired) electrons. The molecule has 1 unspecified atom stereocenters. The third-order valence-corrected chi connectivity index (χ3v) is 2.85. The Morgan fingerprint density at radius 2 is 1.83 bits per heavy atom. The summed E-state index contributed by atoms with van der Waals surface area (Å²) in [6.07, 6.45) is 1.61. The molecule has 4 heteroatoms. The molecule has 0 aliphatic rings. The molecule has 70 valence electrons. The lowest BCUT2D eigenvalue weighted by Crippen LogP contribution is -2.33. The number of carbonyl (C=O) groups excluding carboxylic acids is 1. The van der Waals surface area contributed by atoms with E-state index in [9.17, 15) is 4.79 Å². The minimum absolute atomic E-state index is 0.384. The SMILES string of the molecule is C=CC(C)(C)C(Cl)C(=O)C(Cl)Cl. The fraction of sp³-hybridized carbons (Fsp3) is 0.625. The standard InChI is InChI=1S/C8H11Cl3O/c1-4-8(2,3)6(9)5(12)7(10)11/h4,6-7H,1H2,2-3H3. The third-order valence-electron chi connectivity index (χ3n) is 1.64. The van der Waals surface area contributed by atoms with Crippen LogP contribution in [0.4, 0.5) is 0 Å². The predicted octanol–water partition coefficient (Wildman–Crippen LogP) is 3.18. The fourth-order valence-electron chi connectivity index (χ4n) is 0.581. The van der Waals surface area contributed by atoms with Crippen molar-refractivity contribution in [1.29, 1.82) is 0 Å². The first kappa shape index (κ1) is 12.3. The summed E-state index contributed by atoms with van der Waals surface area (Å²) in [5.41, 5.74) is -0.485. The van der Waals surface area contributed by atoms with Crippen LogP contribution in [0.25, 0.3) is 0 Å². The first-order chi connectivity index (χ1) is 5.33. The van der Waals surface area contributed by atoms with Gasteiger partial charge in [0.15, 0.2) is 10.6 Å². The average molecular weight is 230 g/mol. The van der Waals surface area contributed by atoms with E-state index in [0.29, 0.717) is 0 Å². The maximum absolute atomic E-state index is 11.2. The van der Waals surface area contributed by atoms with Crippen LogP contribution in [0, 0.1) is 5.41 Å². The summed E-state index contributed by atoms with van der Waals surface area (Å²) in [6.45, 7) is 7.17.